The summed E-state index contributed by atoms with van der Waals surface area (Å²) in [4.78, 5) is 15.3. The molecular formula is C23H26FN7O3S. The first-order valence-electron chi connectivity index (χ1n) is 10.9. The predicted molar refractivity (Wildman–Crippen MR) is 129 cm³/mol. The van der Waals surface area contributed by atoms with E-state index in [0.717, 1.165) is 11.1 Å². The van der Waals surface area contributed by atoms with E-state index in [-0.39, 0.29) is 36.4 Å². The number of aromatic nitrogens is 3. The van der Waals surface area contributed by atoms with Gasteiger partial charge in [-0.15, -0.1) is 5.10 Å². The smallest absolute Gasteiger partial charge is 0.264 e. The van der Waals surface area contributed by atoms with Crippen molar-refractivity contribution in [3.63, 3.8) is 0 Å². The van der Waals surface area contributed by atoms with Gasteiger partial charge < -0.3 is 15.6 Å². The fourth-order valence-electron chi connectivity index (χ4n) is 4.21. The van der Waals surface area contributed by atoms with Crippen molar-refractivity contribution < 1.29 is 17.6 Å². The van der Waals surface area contributed by atoms with Gasteiger partial charge in [0.25, 0.3) is 10.0 Å². The van der Waals surface area contributed by atoms with Crippen LogP contribution in [-0.2, 0) is 21.9 Å². The number of rotatable bonds is 6. The molecule has 0 saturated carbocycles. The summed E-state index contributed by atoms with van der Waals surface area (Å²) in [6, 6.07) is 8.95. The molecule has 1 aromatic heterocycles. The Labute approximate surface area is 202 Å². The van der Waals surface area contributed by atoms with E-state index in [1.54, 1.807) is 30.1 Å². The molecule has 2 N–H and O–H groups in total. The minimum atomic E-state index is -3.90. The molecule has 1 aliphatic heterocycles. The zero-order chi connectivity index (χ0) is 25.3. The fourth-order valence-corrected chi connectivity index (χ4v) is 5.54. The number of carbonyl (C=O) groups excluding carboxylic acids is 1. The van der Waals surface area contributed by atoms with Gasteiger partial charge in [-0.25, -0.2) is 12.8 Å². The monoisotopic (exact) mass is 499 g/mol. The van der Waals surface area contributed by atoms with Gasteiger partial charge in [-0.1, -0.05) is 0 Å². The van der Waals surface area contributed by atoms with Gasteiger partial charge in [-0.3, -0.25) is 4.79 Å². The third-order valence-electron chi connectivity index (χ3n) is 6.01. The molecule has 1 atom stereocenters. The molecule has 0 bridgehead atoms. The van der Waals surface area contributed by atoms with Crippen molar-refractivity contribution in [2.45, 2.75) is 24.9 Å². The first-order valence-corrected chi connectivity index (χ1v) is 12.4. The summed E-state index contributed by atoms with van der Waals surface area (Å²) in [7, 11) is -2.36. The van der Waals surface area contributed by atoms with E-state index in [2.05, 4.69) is 15.5 Å². The number of hydrogen-bond acceptors (Lipinski definition) is 7. The Bertz CT molecular complexity index is 1370. The molecule has 0 spiro atoms. The number of benzene rings is 2. The van der Waals surface area contributed by atoms with E-state index in [0.29, 0.717) is 16.9 Å². The maximum Gasteiger partial charge on any atom is 0.264 e. The highest BCUT2D eigenvalue weighted by Gasteiger charge is 2.38. The van der Waals surface area contributed by atoms with Crippen LogP contribution in [0.2, 0.25) is 0 Å². The Hall–Kier alpha value is -3.64. The van der Waals surface area contributed by atoms with E-state index in [9.17, 15) is 17.6 Å². The second-order valence-electron chi connectivity index (χ2n) is 8.34. The van der Waals surface area contributed by atoms with Gasteiger partial charge in [0.2, 0.25) is 10.9 Å². The lowest BCUT2D eigenvalue weighted by molar-refractivity contribution is -0.133. The number of amides is 1. The first-order chi connectivity index (χ1) is 16.6. The van der Waals surface area contributed by atoms with Crippen LogP contribution in [0.4, 0.5) is 15.8 Å². The van der Waals surface area contributed by atoms with E-state index >= 15 is 0 Å². The zero-order valence-electron chi connectivity index (χ0n) is 19.6. The molecule has 0 radical (unpaired) electrons. The lowest BCUT2D eigenvalue weighted by Gasteiger charge is -2.41. The van der Waals surface area contributed by atoms with Crippen molar-refractivity contribution in [3.05, 3.63) is 65.1 Å². The van der Waals surface area contributed by atoms with Crippen LogP contribution in [0.1, 0.15) is 29.7 Å². The fraction of sp³-hybridized carbons (Fsp3) is 0.304. The quantitative estimate of drug-likeness (QED) is 0.503. The second-order valence-corrected chi connectivity index (χ2v) is 10.2. The number of halogens is 1. The number of sulfonamides is 1. The summed E-state index contributed by atoms with van der Waals surface area (Å²) < 4.78 is 40.9. The predicted octanol–water partition coefficient (Wildman–Crippen LogP) is 2.60. The molecule has 1 aliphatic rings. The number of carbonyl (C=O) groups is 1. The Kier molecular flexibility index (Phi) is 6.68. The zero-order valence-corrected chi connectivity index (χ0v) is 20.4. The van der Waals surface area contributed by atoms with Crippen molar-refractivity contribution >= 4 is 33.5 Å². The highest BCUT2D eigenvalue weighted by Crippen LogP contribution is 2.34. The van der Waals surface area contributed by atoms with Gasteiger partial charge in [0.1, 0.15) is 5.82 Å². The highest BCUT2D eigenvalue weighted by molar-refractivity contribution is 7.89. The molecular weight excluding hydrogens is 473 g/mol. The molecule has 10 nitrogen and oxygen atoms in total. The van der Waals surface area contributed by atoms with Gasteiger partial charge in [0, 0.05) is 56.8 Å². The van der Waals surface area contributed by atoms with E-state index in [4.69, 9.17) is 5.41 Å². The maximum absolute atomic E-state index is 13.3. The van der Waals surface area contributed by atoms with Gasteiger partial charge >= 0.3 is 0 Å². The molecule has 1 saturated heterocycles. The highest BCUT2D eigenvalue weighted by atomic mass is 32.2. The third-order valence-corrected chi connectivity index (χ3v) is 7.73. The number of aryl methyl sites for hydroxylation is 2. The summed E-state index contributed by atoms with van der Waals surface area (Å²) in [5.41, 5.74) is 3.40. The Balaban J connectivity index is 1.70. The summed E-state index contributed by atoms with van der Waals surface area (Å²) >= 11 is 0. The number of nitrogens with one attached hydrogen (secondary N) is 2. The molecule has 4 rings (SSSR count). The maximum atomic E-state index is 13.3. The van der Waals surface area contributed by atoms with Crippen molar-refractivity contribution in [3.8, 4) is 0 Å². The standard InChI is InChI=1S/C23H26FN7O3S/c1-15-10-21(27-19-6-4-18(24)5-7-19)17(12-25)11-20(15)22-14-30(8-9-31(22)16(2)32)35(33,34)23-13-26-29(3)28-23/h4-7,10-13,22,25,27H,8-9,14H2,1-3H3. The number of piperazine rings is 1. The lowest BCUT2D eigenvalue weighted by atomic mass is 9.95. The van der Waals surface area contributed by atoms with Crippen molar-refractivity contribution in [2.24, 2.45) is 7.05 Å². The molecule has 3 aromatic rings. The van der Waals surface area contributed by atoms with Crippen molar-refractivity contribution in [1.29, 1.82) is 5.41 Å². The van der Waals surface area contributed by atoms with E-state index in [1.807, 2.05) is 13.0 Å². The van der Waals surface area contributed by atoms with Crippen molar-refractivity contribution in [2.75, 3.05) is 25.0 Å². The number of nitrogens with zero attached hydrogens (tertiary/aromatic N) is 5. The molecule has 1 unspecified atom stereocenters. The summed E-state index contributed by atoms with van der Waals surface area (Å²) in [5.74, 6) is -0.521. The summed E-state index contributed by atoms with van der Waals surface area (Å²) in [6.45, 7) is 3.72. The Morgan fingerprint density at radius 1 is 1.23 bits per heavy atom. The molecule has 12 heteroatoms. The molecule has 1 fully saturated rings. The van der Waals surface area contributed by atoms with Crippen LogP contribution in [0.15, 0.2) is 47.6 Å². The largest absolute Gasteiger partial charge is 0.355 e. The molecule has 184 valence electrons. The van der Waals surface area contributed by atoms with Gasteiger partial charge in [-0.05, 0) is 54.4 Å². The SMILES string of the molecule is CC(=O)N1CCN(S(=O)(=O)c2cnn(C)n2)CC1c1cc(C=N)c(Nc2ccc(F)cc2)cc1C. The van der Waals surface area contributed by atoms with Crippen LogP contribution in [0, 0.1) is 18.2 Å². The van der Waals surface area contributed by atoms with Crippen LogP contribution in [-0.4, -0.2) is 64.4 Å². The minimum absolute atomic E-state index is 0.0432. The number of hydrogen-bond donors (Lipinski definition) is 2. The van der Waals surface area contributed by atoms with Gasteiger partial charge in [0.15, 0.2) is 0 Å². The second kappa shape index (κ2) is 9.55. The van der Waals surface area contributed by atoms with Crippen LogP contribution in [0.5, 0.6) is 0 Å². The van der Waals surface area contributed by atoms with E-state index < -0.39 is 16.1 Å². The third kappa shape index (κ3) is 4.93. The summed E-state index contributed by atoms with van der Waals surface area (Å²) in [6.07, 6.45) is 2.39. The van der Waals surface area contributed by atoms with Crippen LogP contribution in [0.25, 0.3) is 0 Å². The van der Waals surface area contributed by atoms with Crippen molar-refractivity contribution in [1.82, 2.24) is 24.2 Å². The van der Waals surface area contributed by atoms with E-state index in [1.165, 1.54) is 40.6 Å². The lowest BCUT2D eigenvalue weighted by Crippen LogP contribution is -2.52. The minimum Gasteiger partial charge on any atom is -0.355 e. The first kappa shape index (κ1) is 24.5. The average molecular weight is 500 g/mol. The molecule has 2 aromatic carbocycles. The normalized spacial score (nSPS) is 16.8. The Morgan fingerprint density at radius 2 is 1.94 bits per heavy atom. The topological polar surface area (TPSA) is 124 Å². The molecule has 0 aliphatic carbocycles. The molecule has 2 heterocycles. The van der Waals surface area contributed by atoms with Crippen LogP contribution in [0.3, 0.4) is 0 Å². The van der Waals surface area contributed by atoms with Gasteiger partial charge in [-0.2, -0.15) is 14.2 Å². The van der Waals surface area contributed by atoms with Crippen LogP contribution >= 0.6 is 0 Å². The molecule has 35 heavy (non-hydrogen) atoms. The molecule has 1 amide bonds. The van der Waals surface area contributed by atoms with Crippen LogP contribution < -0.4 is 5.32 Å². The van der Waals surface area contributed by atoms with Gasteiger partial charge in [0.05, 0.1) is 12.2 Å². The Morgan fingerprint density at radius 3 is 2.54 bits per heavy atom. The summed E-state index contributed by atoms with van der Waals surface area (Å²) in [5, 5.41) is 18.8. The number of anilines is 2. The average Bonchev–Trinajstić information content (AvgIpc) is 3.27.